The summed E-state index contributed by atoms with van der Waals surface area (Å²) in [5.74, 6) is 0.522. The number of amides is 1. The topological polar surface area (TPSA) is 91.6 Å². The molecule has 2 aliphatic rings. The second kappa shape index (κ2) is 6.41. The largest absolute Gasteiger partial charge is 0.463 e. The zero-order chi connectivity index (χ0) is 16.5. The Bertz CT molecular complexity index is 697. The fourth-order valence-corrected chi connectivity index (χ4v) is 3.74. The second-order valence-electron chi connectivity index (χ2n) is 6.45. The number of aromatic amines is 1. The average molecular weight is 331 g/mol. The van der Waals surface area contributed by atoms with Gasteiger partial charge in [0.15, 0.2) is 11.5 Å². The third-order valence-electron chi connectivity index (χ3n) is 5.00. The number of aliphatic hydroxyl groups excluding tert-OH is 1. The van der Waals surface area contributed by atoms with Crippen LogP contribution in [0.25, 0.3) is 11.5 Å². The van der Waals surface area contributed by atoms with Gasteiger partial charge in [-0.1, -0.05) is 0 Å². The normalized spacial score (nSPS) is 27.5. The Balaban J connectivity index is 1.53. The van der Waals surface area contributed by atoms with Gasteiger partial charge in [-0.05, 0) is 31.4 Å². The summed E-state index contributed by atoms with van der Waals surface area (Å²) in [6, 6.07) is 5.33. The molecule has 128 valence electrons. The molecule has 0 radical (unpaired) electrons. The molecule has 2 N–H and O–H groups in total. The van der Waals surface area contributed by atoms with Crippen LogP contribution in [0.2, 0.25) is 0 Å². The lowest BCUT2D eigenvalue weighted by Crippen LogP contribution is -2.48. The molecule has 7 heteroatoms. The highest BCUT2D eigenvalue weighted by atomic mass is 16.5. The van der Waals surface area contributed by atoms with E-state index in [-0.39, 0.29) is 17.9 Å². The molecule has 4 heterocycles. The summed E-state index contributed by atoms with van der Waals surface area (Å²) >= 11 is 0. The number of aromatic nitrogens is 2. The number of hydrogen-bond acceptors (Lipinski definition) is 5. The van der Waals surface area contributed by atoms with Crippen LogP contribution < -0.4 is 0 Å². The summed E-state index contributed by atoms with van der Waals surface area (Å²) in [5, 5.41) is 17.3. The molecular weight excluding hydrogens is 310 g/mol. The molecule has 4 rings (SSSR count). The molecule has 2 aromatic rings. The Kier molecular flexibility index (Phi) is 4.12. The van der Waals surface area contributed by atoms with Gasteiger partial charge >= 0.3 is 0 Å². The number of carbonyl (C=O) groups excluding carboxylic acids is 1. The molecule has 2 aromatic heterocycles. The lowest BCUT2D eigenvalue weighted by Gasteiger charge is -2.36. The van der Waals surface area contributed by atoms with Gasteiger partial charge in [0.2, 0.25) is 0 Å². The van der Waals surface area contributed by atoms with Gasteiger partial charge in [0.25, 0.3) is 5.91 Å². The van der Waals surface area contributed by atoms with Crippen molar-refractivity contribution in [3.8, 4) is 11.5 Å². The lowest BCUT2D eigenvalue weighted by molar-refractivity contribution is -0.0590. The first-order valence-corrected chi connectivity index (χ1v) is 8.40. The first-order valence-electron chi connectivity index (χ1n) is 8.40. The van der Waals surface area contributed by atoms with Crippen molar-refractivity contribution in [3.63, 3.8) is 0 Å². The highest BCUT2D eigenvalue weighted by Crippen LogP contribution is 2.31. The van der Waals surface area contributed by atoms with E-state index in [0.29, 0.717) is 43.3 Å². The number of nitrogens with one attached hydrogen (secondary N) is 1. The molecule has 3 unspecified atom stereocenters. The molecule has 7 nitrogen and oxygen atoms in total. The summed E-state index contributed by atoms with van der Waals surface area (Å²) in [4.78, 5) is 14.7. The Morgan fingerprint density at radius 1 is 1.42 bits per heavy atom. The zero-order valence-electron chi connectivity index (χ0n) is 13.4. The number of H-pyrrole nitrogens is 1. The van der Waals surface area contributed by atoms with E-state index in [9.17, 15) is 9.90 Å². The van der Waals surface area contributed by atoms with Gasteiger partial charge in [-0.15, -0.1) is 0 Å². The van der Waals surface area contributed by atoms with Gasteiger partial charge < -0.3 is 19.2 Å². The van der Waals surface area contributed by atoms with E-state index < -0.39 is 6.10 Å². The van der Waals surface area contributed by atoms with Gasteiger partial charge in [-0.3, -0.25) is 9.89 Å². The molecule has 2 fully saturated rings. The van der Waals surface area contributed by atoms with E-state index in [0.717, 1.165) is 12.8 Å². The minimum absolute atomic E-state index is 0.0107. The number of carbonyl (C=O) groups is 1. The fourth-order valence-electron chi connectivity index (χ4n) is 3.74. The van der Waals surface area contributed by atoms with Crippen LogP contribution >= 0.6 is 0 Å². The molecule has 0 aromatic carbocycles. The first kappa shape index (κ1) is 15.4. The smallest absolute Gasteiger partial charge is 0.274 e. The number of aliphatic hydroxyl groups is 1. The number of furan rings is 1. The standard InChI is InChI=1S/C17H21N3O4/c21-15-5-8-23-10-11(15)14-3-1-6-20(14)17(22)13-9-12(18-19-13)16-4-2-7-24-16/h2,4,7,9,11,14-15,21H,1,3,5-6,8,10H2,(H,18,19). The highest BCUT2D eigenvalue weighted by molar-refractivity contribution is 5.93. The van der Waals surface area contributed by atoms with Crippen LogP contribution in [0.1, 0.15) is 29.8 Å². The zero-order valence-corrected chi connectivity index (χ0v) is 13.4. The Hall–Kier alpha value is -2.12. The minimum atomic E-state index is -0.407. The molecule has 0 aliphatic carbocycles. The number of rotatable bonds is 3. The SMILES string of the molecule is O=C(c1cc(-c2ccco2)[nH]n1)N1CCCC1C1COCCC1O. The summed E-state index contributed by atoms with van der Waals surface area (Å²) in [6.07, 6.45) is 3.64. The quantitative estimate of drug-likeness (QED) is 0.893. The van der Waals surface area contributed by atoms with E-state index in [2.05, 4.69) is 10.2 Å². The third kappa shape index (κ3) is 2.74. The fraction of sp³-hybridized carbons (Fsp3) is 0.529. The predicted octanol–water partition coefficient (Wildman–Crippen LogP) is 1.67. The Labute approximate surface area is 139 Å². The van der Waals surface area contributed by atoms with Crippen LogP contribution in [0.3, 0.4) is 0 Å². The highest BCUT2D eigenvalue weighted by Gasteiger charge is 2.40. The minimum Gasteiger partial charge on any atom is -0.463 e. The first-order chi connectivity index (χ1) is 11.7. The van der Waals surface area contributed by atoms with Gasteiger partial charge in [-0.2, -0.15) is 5.10 Å². The van der Waals surface area contributed by atoms with Crippen LogP contribution in [0, 0.1) is 5.92 Å². The Morgan fingerprint density at radius 3 is 3.12 bits per heavy atom. The average Bonchev–Trinajstić information content (AvgIpc) is 3.34. The van der Waals surface area contributed by atoms with Crippen molar-refractivity contribution in [1.82, 2.24) is 15.1 Å². The summed E-state index contributed by atoms with van der Waals surface area (Å²) in [7, 11) is 0. The summed E-state index contributed by atoms with van der Waals surface area (Å²) < 4.78 is 10.8. The van der Waals surface area contributed by atoms with Gasteiger partial charge in [0.05, 0.1) is 19.0 Å². The lowest BCUT2D eigenvalue weighted by atomic mass is 9.89. The number of ether oxygens (including phenoxy) is 1. The summed E-state index contributed by atoms with van der Waals surface area (Å²) in [5.41, 5.74) is 1.06. The molecule has 2 aliphatic heterocycles. The van der Waals surface area contributed by atoms with Crippen molar-refractivity contribution < 1.29 is 19.1 Å². The molecule has 1 amide bonds. The van der Waals surface area contributed by atoms with Crippen molar-refractivity contribution in [2.45, 2.75) is 31.4 Å². The maximum atomic E-state index is 12.9. The van der Waals surface area contributed by atoms with E-state index in [4.69, 9.17) is 9.15 Å². The van der Waals surface area contributed by atoms with Gasteiger partial charge in [0, 0.05) is 31.2 Å². The number of hydrogen-bond donors (Lipinski definition) is 2. The van der Waals surface area contributed by atoms with Crippen LogP contribution in [-0.2, 0) is 4.74 Å². The Morgan fingerprint density at radius 2 is 2.33 bits per heavy atom. The molecule has 3 atom stereocenters. The maximum absolute atomic E-state index is 12.9. The third-order valence-corrected chi connectivity index (χ3v) is 5.00. The molecule has 2 saturated heterocycles. The van der Waals surface area contributed by atoms with Crippen molar-refractivity contribution >= 4 is 5.91 Å². The molecule has 24 heavy (non-hydrogen) atoms. The number of nitrogens with zero attached hydrogens (tertiary/aromatic N) is 2. The summed E-state index contributed by atoms with van der Waals surface area (Å²) in [6.45, 7) is 1.79. The molecule has 0 saturated carbocycles. The van der Waals surface area contributed by atoms with Gasteiger partial charge in [0.1, 0.15) is 5.69 Å². The van der Waals surface area contributed by atoms with Crippen LogP contribution in [0.15, 0.2) is 28.9 Å². The molecule has 0 spiro atoms. The van der Waals surface area contributed by atoms with E-state index in [1.54, 1.807) is 18.4 Å². The van der Waals surface area contributed by atoms with Gasteiger partial charge in [-0.25, -0.2) is 0 Å². The van der Waals surface area contributed by atoms with Crippen molar-refractivity contribution in [1.29, 1.82) is 0 Å². The molecule has 0 bridgehead atoms. The maximum Gasteiger partial charge on any atom is 0.274 e. The van der Waals surface area contributed by atoms with Crippen molar-refractivity contribution in [2.24, 2.45) is 5.92 Å². The van der Waals surface area contributed by atoms with Crippen molar-refractivity contribution in [2.75, 3.05) is 19.8 Å². The van der Waals surface area contributed by atoms with Crippen LogP contribution in [0.5, 0.6) is 0 Å². The molecular formula is C17H21N3O4. The van der Waals surface area contributed by atoms with Crippen LogP contribution in [-0.4, -0.2) is 58.0 Å². The number of likely N-dealkylation sites (tertiary alicyclic amines) is 1. The van der Waals surface area contributed by atoms with E-state index in [1.807, 2.05) is 11.0 Å². The van der Waals surface area contributed by atoms with Crippen LogP contribution in [0.4, 0.5) is 0 Å². The predicted molar refractivity (Wildman–Crippen MR) is 85.3 cm³/mol. The van der Waals surface area contributed by atoms with Crippen molar-refractivity contribution in [3.05, 3.63) is 30.2 Å². The second-order valence-corrected chi connectivity index (χ2v) is 6.45. The van der Waals surface area contributed by atoms with E-state index >= 15 is 0 Å². The monoisotopic (exact) mass is 331 g/mol. The van der Waals surface area contributed by atoms with E-state index in [1.165, 1.54) is 0 Å².